The van der Waals surface area contributed by atoms with E-state index in [1.54, 1.807) is 35.7 Å². The van der Waals surface area contributed by atoms with Crippen LogP contribution in [0, 0.1) is 0 Å². The fourth-order valence-corrected chi connectivity index (χ4v) is 6.20. The Morgan fingerprint density at radius 3 is 2.42 bits per heavy atom. The van der Waals surface area contributed by atoms with E-state index in [2.05, 4.69) is 36.2 Å². The predicted octanol–water partition coefficient (Wildman–Crippen LogP) is 3.53. The molecule has 168 valence electrons. The lowest BCUT2D eigenvalue weighted by atomic mass is 9.82. The second-order valence-electron chi connectivity index (χ2n) is 8.66. The van der Waals surface area contributed by atoms with Crippen LogP contribution in [0.15, 0.2) is 59.5 Å². The third kappa shape index (κ3) is 4.95. The zero-order chi connectivity index (χ0) is 21.9. The van der Waals surface area contributed by atoms with E-state index in [1.807, 2.05) is 6.07 Å². The van der Waals surface area contributed by atoms with Crippen molar-refractivity contribution in [2.75, 3.05) is 33.9 Å². The number of ether oxygens (including phenoxy) is 2. The summed E-state index contributed by atoms with van der Waals surface area (Å²) in [5, 5.41) is 0. The summed E-state index contributed by atoms with van der Waals surface area (Å²) in [6, 6.07) is 17.6. The van der Waals surface area contributed by atoms with Crippen LogP contribution in [0.3, 0.4) is 0 Å². The van der Waals surface area contributed by atoms with Gasteiger partial charge in [0.25, 0.3) is 0 Å². The van der Waals surface area contributed by atoms with Crippen molar-refractivity contribution in [2.45, 2.75) is 48.8 Å². The normalized spacial score (nSPS) is 22.0. The lowest BCUT2D eigenvalue weighted by molar-refractivity contribution is -0.125. The number of benzene rings is 2. The maximum atomic E-state index is 13.1. The number of nitrogens with zero attached hydrogens (tertiary/aromatic N) is 2. The SMILES string of the molecule is COc1ccc(S(=O)(=O)N2CCC3(CC2)CC(N(C)Cc2ccccc2)CCO3)cc1. The molecule has 0 radical (unpaired) electrons. The molecule has 6 nitrogen and oxygen atoms in total. The molecule has 2 heterocycles. The van der Waals surface area contributed by atoms with E-state index in [0.29, 0.717) is 29.8 Å². The molecule has 7 heteroatoms. The minimum absolute atomic E-state index is 0.222. The van der Waals surface area contributed by atoms with Gasteiger partial charge in [0.15, 0.2) is 0 Å². The first-order valence-electron chi connectivity index (χ1n) is 10.9. The van der Waals surface area contributed by atoms with Gasteiger partial charge in [-0.3, -0.25) is 4.90 Å². The van der Waals surface area contributed by atoms with Crippen LogP contribution >= 0.6 is 0 Å². The molecule has 2 fully saturated rings. The van der Waals surface area contributed by atoms with Gasteiger partial charge in [-0.05, 0) is 62.6 Å². The lowest BCUT2D eigenvalue weighted by Gasteiger charge is -2.47. The minimum atomic E-state index is -3.50. The maximum absolute atomic E-state index is 13.1. The van der Waals surface area contributed by atoms with Crippen molar-refractivity contribution in [1.82, 2.24) is 9.21 Å². The van der Waals surface area contributed by atoms with Gasteiger partial charge in [-0.15, -0.1) is 0 Å². The van der Waals surface area contributed by atoms with Crippen molar-refractivity contribution in [3.63, 3.8) is 0 Å². The number of piperidine rings is 1. The van der Waals surface area contributed by atoms with Crippen LogP contribution in [0.4, 0.5) is 0 Å². The third-order valence-corrected chi connectivity index (χ3v) is 8.61. The van der Waals surface area contributed by atoms with Crippen molar-refractivity contribution in [2.24, 2.45) is 0 Å². The summed E-state index contributed by atoms with van der Waals surface area (Å²) in [5.74, 6) is 0.651. The number of sulfonamides is 1. The predicted molar refractivity (Wildman–Crippen MR) is 121 cm³/mol. The van der Waals surface area contributed by atoms with E-state index >= 15 is 0 Å². The van der Waals surface area contributed by atoms with Gasteiger partial charge in [0, 0.05) is 32.3 Å². The molecule has 31 heavy (non-hydrogen) atoms. The summed E-state index contributed by atoms with van der Waals surface area (Å²) in [6.45, 7) is 2.63. The summed E-state index contributed by atoms with van der Waals surface area (Å²) in [6.07, 6.45) is 3.43. The monoisotopic (exact) mass is 444 g/mol. The highest BCUT2D eigenvalue weighted by atomic mass is 32.2. The Kier molecular flexibility index (Phi) is 6.67. The zero-order valence-electron chi connectivity index (χ0n) is 18.4. The largest absolute Gasteiger partial charge is 0.497 e. The molecule has 0 aromatic heterocycles. The van der Waals surface area contributed by atoms with Gasteiger partial charge in [-0.1, -0.05) is 30.3 Å². The number of methoxy groups -OCH3 is 1. The molecule has 0 amide bonds. The smallest absolute Gasteiger partial charge is 0.243 e. The third-order valence-electron chi connectivity index (χ3n) is 6.70. The molecule has 0 N–H and O–H groups in total. The highest BCUT2D eigenvalue weighted by Crippen LogP contribution is 2.38. The van der Waals surface area contributed by atoms with Crippen LogP contribution in [-0.4, -0.2) is 63.1 Å². The molecule has 0 aliphatic carbocycles. The summed E-state index contributed by atoms with van der Waals surface area (Å²) in [5.41, 5.74) is 1.09. The molecule has 0 bridgehead atoms. The lowest BCUT2D eigenvalue weighted by Crippen LogP contribution is -2.53. The van der Waals surface area contributed by atoms with Gasteiger partial charge in [-0.25, -0.2) is 8.42 Å². The van der Waals surface area contributed by atoms with Crippen molar-refractivity contribution in [3.8, 4) is 5.75 Å². The maximum Gasteiger partial charge on any atom is 0.243 e. The topological polar surface area (TPSA) is 59.1 Å². The molecule has 2 aliphatic heterocycles. The average Bonchev–Trinajstić information content (AvgIpc) is 2.80. The van der Waals surface area contributed by atoms with Gasteiger partial charge in [0.2, 0.25) is 10.0 Å². The molecule has 1 unspecified atom stereocenters. The Hall–Kier alpha value is -1.93. The molecule has 1 spiro atoms. The highest BCUT2D eigenvalue weighted by molar-refractivity contribution is 7.89. The van der Waals surface area contributed by atoms with Gasteiger partial charge in [-0.2, -0.15) is 4.31 Å². The van der Waals surface area contributed by atoms with Gasteiger partial charge >= 0.3 is 0 Å². The molecular formula is C24H32N2O4S. The summed E-state index contributed by atoms with van der Waals surface area (Å²) in [7, 11) is 0.251. The number of hydrogen-bond donors (Lipinski definition) is 0. The molecule has 1 atom stereocenters. The van der Waals surface area contributed by atoms with E-state index in [0.717, 1.165) is 38.8 Å². The zero-order valence-corrected chi connectivity index (χ0v) is 19.2. The average molecular weight is 445 g/mol. The van der Waals surface area contributed by atoms with E-state index in [4.69, 9.17) is 9.47 Å². The Labute approximate surface area is 185 Å². The van der Waals surface area contributed by atoms with Crippen molar-refractivity contribution in [3.05, 3.63) is 60.2 Å². The Balaban J connectivity index is 1.38. The van der Waals surface area contributed by atoms with Crippen LogP contribution < -0.4 is 4.74 Å². The fourth-order valence-electron chi connectivity index (χ4n) is 4.76. The highest BCUT2D eigenvalue weighted by Gasteiger charge is 2.43. The van der Waals surface area contributed by atoms with Crippen molar-refractivity contribution >= 4 is 10.0 Å². The van der Waals surface area contributed by atoms with Crippen LogP contribution in [0.25, 0.3) is 0 Å². The van der Waals surface area contributed by atoms with Crippen LogP contribution in [-0.2, 0) is 21.3 Å². The molecule has 2 saturated heterocycles. The van der Waals surface area contributed by atoms with E-state index in [9.17, 15) is 8.42 Å². The Morgan fingerprint density at radius 1 is 1.10 bits per heavy atom. The van der Waals surface area contributed by atoms with Gasteiger partial charge in [0.05, 0.1) is 17.6 Å². The molecular weight excluding hydrogens is 412 g/mol. The van der Waals surface area contributed by atoms with Crippen molar-refractivity contribution in [1.29, 1.82) is 0 Å². The Morgan fingerprint density at radius 2 is 1.77 bits per heavy atom. The summed E-state index contributed by atoms with van der Waals surface area (Å²) < 4.78 is 39.1. The Bertz CT molecular complexity index is 955. The summed E-state index contributed by atoms with van der Waals surface area (Å²) >= 11 is 0. The van der Waals surface area contributed by atoms with Gasteiger partial charge in [0.1, 0.15) is 5.75 Å². The van der Waals surface area contributed by atoms with E-state index in [1.165, 1.54) is 5.56 Å². The molecule has 2 aromatic carbocycles. The minimum Gasteiger partial charge on any atom is -0.497 e. The molecule has 4 rings (SSSR count). The second-order valence-corrected chi connectivity index (χ2v) is 10.6. The number of hydrogen-bond acceptors (Lipinski definition) is 5. The molecule has 0 saturated carbocycles. The van der Waals surface area contributed by atoms with E-state index in [-0.39, 0.29) is 5.60 Å². The first kappa shape index (κ1) is 22.3. The first-order chi connectivity index (χ1) is 14.9. The fraction of sp³-hybridized carbons (Fsp3) is 0.500. The second kappa shape index (κ2) is 9.28. The quantitative estimate of drug-likeness (QED) is 0.682. The molecule has 2 aliphatic rings. The van der Waals surface area contributed by atoms with E-state index < -0.39 is 10.0 Å². The van der Waals surface area contributed by atoms with Crippen LogP contribution in [0.1, 0.15) is 31.2 Å². The van der Waals surface area contributed by atoms with Gasteiger partial charge < -0.3 is 9.47 Å². The molecule has 2 aromatic rings. The van der Waals surface area contributed by atoms with Crippen LogP contribution in [0.5, 0.6) is 5.75 Å². The van der Waals surface area contributed by atoms with Crippen LogP contribution in [0.2, 0.25) is 0 Å². The first-order valence-corrected chi connectivity index (χ1v) is 12.4. The standard InChI is InChI=1S/C24H32N2O4S/c1-25(19-20-6-4-3-5-7-20)21-12-17-30-24(18-21)13-15-26(16-14-24)31(27,28)23-10-8-22(29-2)9-11-23/h3-11,21H,12-19H2,1-2H3. The van der Waals surface area contributed by atoms with Crippen molar-refractivity contribution < 1.29 is 17.9 Å². The number of rotatable bonds is 6. The summed E-state index contributed by atoms with van der Waals surface area (Å²) in [4.78, 5) is 2.73.